The molecule has 2 N–H and O–H groups in total. The number of benzene rings is 1. The van der Waals surface area contributed by atoms with Gasteiger partial charge in [-0.2, -0.15) is 26.3 Å². The minimum atomic E-state index is -4.80. The monoisotopic (exact) mass is 573 g/mol. The number of aromatic nitrogens is 3. The van der Waals surface area contributed by atoms with Crippen molar-refractivity contribution in [3.63, 3.8) is 0 Å². The van der Waals surface area contributed by atoms with Crippen LogP contribution in [0.5, 0.6) is 5.75 Å². The predicted molar refractivity (Wildman–Crippen MR) is 127 cm³/mol. The van der Waals surface area contributed by atoms with E-state index in [1.54, 1.807) is 6.92 Å². The molecule has 214 valence electrons. The third kappa shape index (κ3) is 5.87. The first kappa shape index (κ1) is 28.8. The maximum atomic E-state index is 14.6. The van der Waals surface area contributed by atoms with Crippen LogP contribution in [0.25, 0.3) is 17.1 Å². The van der Waals surface area contributed by atoms with Gasteiger partial charge in [-0.3, -0.25) is 9.59 Å². The van der Waals surface area contributed by atoms with Gasteiger partial charge in [0.15, 0.2) is 17.2 Å². The van der Waals surface area contributed by atoms with Crippen LogP contribution in [0.15, 0.2) is 42.6 Å². The largest absolute Gasteiger partial charge is 0.478 e. The van der Waals surface area contributed by atoms with Crippen LogP contribution in [-0.4, -0.2) is 44.9 Å². The fraction of sp³-hybridized carbons (Fsp3) is 0.360. The van der Waals surface area contributed by atoms with Gasteiger partial charge in [0.2, 0.25) is 11.8 Å². The van der Waals surface area contributed by atoms with Gasteiger partial charge in [-0.15, -0.1) is 5.10 Å². The van der Waals surface area contributed by atoms with Crippen molar-refractivity contribution in [3.8, 4) is 22.8 Å². The summed E-state index contributed by atoms with van der Waals surface area (Å²) in [6.07, 6.45) is -8.93. The Morgan fingerprint density at radius 3 is 2.35 bits per heavy atom. The Labute approximate surface area is 222 Å². The summed E-state index contributed by atoms with van der Waals surface area (Å²) in [5.74, 6) is -4.06. The molecule has 8 nitrogen and oxygen atoms in total. The van der Waals surface area contributed by atoms with Gasteiger partial charge in [0.25, 0.3) is 0 Å². The van der Waals surface area contributed by atoms with Crippen molar-refractivity contribution in [2.45, 2.75) is 38.7 Å². The molecule has 3 heterocycles. The second-order valence-electron chi connectivity index (χ2n) is 9.64. The van der Waals surface area contributed by atoms with Crippen LogP contribution in [-0.2, 0) is 15.8 Å². The molecule has 0 bridgehead atoms. The van der Waals surface area contributed by atoms with E-state index in [2.05, 4.69) is 20.7 Å². The summed E-state index contributed by atoms with van der Waals surface area (Å²) in [4.78, 5) is 28.3. The Morgan fingerprint density at radius 2 is 1.80 bits per heavy atom. The summed E-state index contributed by atoms with van der Waals surface area (Å²) in [6.45, 7) is 3.13. The Hall–Kier alpha value is -4.17. The van der Waals surface area contributed by atoms with Crippen molar-refractivity contribution in [2.24, 2.45) is 11.8 Å². The highest BCUT2D eigenvalue weighted by atomic mass is 19.4. The zero-order chi connectivity index (χ0) is 29.6. The maximum absolute atomic E-state index is 14.6. The second-order valence-corrected chi connectivity index (χ2v) is 9.64. The Balaban J connectivity index is 1.77. The van der Waals surface area contributed by atoms with Crippen molar-refractivity contribution in [2.75, 3.05) is 11.9 Å². The van der Waals surface area contributed by atoms with E-state index in [9.17, 15) is 40.3 Å². The van der Waals surface area contributed by atoms with Gasteiger partial charge >= 0.3 is 12.4 Å². The van der Waals surface area contributed by atoms with Gasteiger partial charge in [-0.05, 0) is 38.1 Å². The average molecular weight is 573 g/mol. The molecule has 1 fully saturated rings. The summed E-state index contributed by atoms with van der Waals surface area (Å²) < 4.78 is 99.8. The van der Waals surface area contributed by atoms with Gasteiger partial charge in [0.1, 0.15) is 11.6 Å². The number of carbonyl (C=O) groups excluding carboxylic acids is 2. The summed E-state index contributed by atoms with van der Waals surface area (Å²) in [5.41, 5.74) is -3.85. The minimum Gasteiger partial charge on any atom is -0.478 e. The predicted octanol–water partition coefficient (Wildman–Crippen LogP) is 5.13. The molecular weight excluding hydrogens is 551 g/mol. The van der Waals surface area contributed by atoms with Crippen LogP contribution < -0.4 is 15.4 Å². The quantitative estimate of drug-likeness (QED) is 0.399. The summed E-state index contributed by atoms with van der Waals surface area (Å²) in [5, 5.41) is 9.23. The lowest BCUT2D eigenvalue weighted by molar-refractivity contribution is -0.234. The lowest BCUT2D eigenvalue weighted by Gasteiger charge is -2.29. The molecule has 0 saturated carbocycles. The number of anilines is 1. The molecule has 2 atom stereocenters. The SMILES string of the molecule is C[C@H]1C(=O)NC[C@@H]1C(=O)Nc1cc(-c2cc(F)cc(OC(C)(C)C(F)(F)F)c2)n(-c2ccc(C(F)(F)F)cn2)n1. The van der Waals surface area contributed by atoms with Crippen LogP contribution >= 0.6 is 0 Å². The van der Waals surface area contributed by atoms with Crippen LogP contribution in [0.3, 0.4) is 0 Å². The fourth-order valence-corrected chi connectivity index (χ4v) is 3.89. The van der Waals surface area contributed by atoms with E-state index in [1.165, 1.54) is 6.07 Å². The molecule has 0 radical (unpaired) electrons. The van der Waals surface area contributed by atoms with Gasteiger partial charge in [0, 0.05) is 36.4 Å². The van der Waals surface area contributed by atoms with Gasteiger partial charge < -0.3 is 15.4 Å². The van der Waals surface area contributed by atoms with Crippen molar-refractivity contribution >= 4 is 17.6 Å². The first-order valence-corrected chi connectivity index (χ1v) is 11.8. The molecule has 40 heavy (non-hydrogen) atoms. The van der Waals surface area contributed by atoms with Gasteiger partial charge in [0.05, 0.1) is 17.2 Å². The molecule has 0 spiro atoms. The molecule has 4 rings (SSSR count). The first-order valence-electron chi connectivity index (χ1n) is 11.8. The van der Waals surface area contributed by atoms with E-state index < -0.39 is 52.8 Å². The lowest BCUT2D eigenvalue weighted by atomic mass is 9.97. The third-order valence-corrected chi connectivity index (χ3v) is 6.33. The first-order chi connectivity index (χ1) is 18.5. The highest BCUT2D eigenvalue weighted by Crippen LogP contribution is 2.37. The Kier molecular flexibility index (Phi) is 7.28. The maximum Gasteiger partial charge on any atom is 0.427 e. The number of hydrogen-bond donors (Lipinski definition) is 2. The molecule has 1 aromatic carbocycles. The molecule has 15 heteroatoms. The number of pyridine rings is 1. The van der Waals surface area contributed by atoms with E-state index in [1.807, 2.05) is 0 Å². The lowest BCUT2D eigenvalue weighted by Crippen LogP contribution is -2.44. The van der Waals surface area contributed by atoms with Crippen LogP contribution in [0.4, 0.5) is 36.6 Å². The van der Waals surface area contributed by atoms with Crippen LogP contribution in [0, 0.1) is 17.7 Å². The number of nitrogens with one attached hydrogen (secondary N) is 2. The fourth-order valence-electron chi connectivity index (χ4n) is 3.89. The van der Waals surface area contributed by atoms with E-state index in [-0.39, 0.29) is 35.3 Å². The molecule has 1 saturated heterocycles. The number of ether oxygens (including phenoxy) is 1. The van der Waals surface area contributed by atoms with Crippen molar-refractivity contribution < 1.29 is 45.1 Å². The molecule has 0 unspecified atom stereocenters. The number of rotatable bonds is 6. The number of amides is 2. The van der Waals surface area contributed by atoms with E-state index in [0.29, 0.717) is 6.20 Å². The molecule has 1 aliphatic heterocycles. The second kappa shape index (κ2) is 10.1. The Bertz CT molecular complexity index is 1430. The minimum absolute atomic E-state index is 0.0367. The topological polar surface area (TPSA) is 98.1 Å². The number of carbonyl (C=O) groups is 2. The van der Waals surface area contributed by atoms with Crippen molar-refractivity contribution in [3.05, 3.63) is 54.0 Å². The van der Waals surface area contributed by atoms with Gasteiger partial charge in [-0.25, -0.2) is 14.1 Å². The van der Waals surface area contributed by atoms with Crippen molar-refractivity contribution in [1.29, 1.82) is 0 Å². The number of halogens is 7. The zero-order valence-electron chi connectivity index (χ0n) is 21.1. The molecule has 3 aromatic rings. The number of alkyl halides is 6. The van der Waals surface area contributed by atoms with E-state index >= 15 is 0 Å². The molecule has 2 aromatic heterocycles. The molecule has 2 amide bonds. The summed E-state index contributed by atoms with van der Waals surface area (Å²) >= 11 is 0. The van der Waals surface area contributed by atoms with E-state index in [0.717, 1.165) is 48.9 Å². The van der Waals surface area contributed by atoms with E-state index in [4.69, 9.17) is 4.74 Å². The van der Waals surface area contributed by atoms with Gasteiger partial charge in [-0.1, -0.05) is 6.92 Å². The molecule has 1 aliphatic rings. The highest BCUT2D eigenvalue weighted by Gasteiger charge is 2.50. The summed E-state index contributed by atoms with van der Waals surface area (Å²) in [7, 11) is 0. The average Bonchev–Trinajstić information content (AvgIpc) is 3.40. The zero-order valence-corrected chi connectivity index (χ0v) is 21.1. The normalized spacial score (nSPS) is 18.0. The third-order valence-electron chi connectivity index (χ3n) is 6.33. The standard InChI is InChI=1S/C25H22F7N5O3/c1-12-17(11-34-21(12)38)22(39)35-19-9-18(37(36-19)20-5-4-14(10-33-20)24(27,28)29)13-6-15(26)8-16(7-13)40-23(2,3)25(30,31)32/h4-10,12,17H,11H2,1-3H3,(H,34,38)(H,35,36,39)/t12-,17+/m1/s1. The Morgan fingerprint density at radius 1 is 1.10 bits per heavy atom. The van der Waals surface area contributed by atoms with Crippen LogP contribution in [0.2, 0.25) is 0 Å². The van der Waals surface area contributed by atoms with Crippen molar-refractivity contribution in [1.82, 2.24) is 20.1 Å². The van der Waals surface area contributed by atoms with Crippen LogP contribution in [0.1, 0.15) is 26.3 Å². The smallest absolute Gasteiger partial charge is 0.427 e. The number of hydrogen-bond acceptors (Lipinski definition) is 5. The molecule has 0 aliphatic carbocycles. The number of nitrogens with zero attached hydrogens (tertiary/aromatic N) is 3. The highest BCUT2D eigenvalue weighted by molar-refractivity contribution is 5.98. The summed E-state index contributed by atoms with van der Waals surface area (Å²) in [6, 6.07) is 5.72. The molecular formula is C25H22F7N5O3.